The van der Waals surface area contributed by atoms with E-state index in [-0.39, 0.29) is 18.9 Å². The van der Waals surface area contributed by atoms with Gasteiger partial charge in [-0.1, -0.05) is 287 Å². The summed E-state index contributed by atoms with van der Waals surface area (Å²) in [6, 6.07) is -0.972. The number of amides is 1. The summed E-state index contributed by atoms with van der Waals surface area (Å²) in [4.78, 5) is 13.4. The van der Waals surface area contributed by atoms with E-state index in [2.05, 4.69) is 55.6 Å². The van der Waals surface area contributed by atoms with Crippen LogP contribution in [0.15, 0.2) is 48.6 Å². The van der Waals surface area contributed by atoms with E-state index >= 15 is 0 Å². The predicted octanol–water partition coefficient (Wildman–Crippen LogP) is 12.1. The maximum atomic E-state index is 13.4. The quantitative estimate of drug-likeness (QED) is 0.0199. The summed E-state index contributed by atoms with van der Waals surface area (Å²) in [6.45, 7) is 1.74. The molecule has 0 bridgehead atoms. The number of carbonyl (C=O) groups excluding carboxylic acids is 1. The third kappa shape index (κ3) is 38.7. The highest BCUT2D eigenvalue weighted by molar-refractivity contribution is 5.76. The van der Waals surface area contributed by atoms with Crippen LogP contribution in [0.1, 0.15) is 303 Å². The molecule has 17 unspecified atom stereocenters. The van der Waals surface area contributed by atoms with Crippen LogP contribution in [-0.2, 0) is 33.2 Å². The minimum atomic E-state index is -1.98. The van der Waals surface area contributed by atoms with Crippen LogP contribution >= 0.6 is 0 Å². The Hall–Kier alpha value is -2.25. The summed E-state index contributed by atoms with van der Waals surface area (Å²) in [7, 11) is 0. The number of hydrogen-bond donors (Lipinski definition) is 12. The molecule has 0 saturated carbocycles. The first-order valence-corrected chi connectivity index (χ1v) is 38.9. The zero-order valence-corrected chi connectivity index (χ0v) is 59.9. The lowest BCUT2D eigenvalue weighted by Gasteiger charge is -2.48. The summed E-state index contributed by atoms with van der Waals surface area (Å²) in [5.41, 5.74) is 0. The van der Waals surface area contributed by atoms with E-state index in [0.717, 1.165) is 57.8 Å². The fraction of sp³-hybridized carbons (Fsp3) is 0.883. The monoisotopic (exact) mass is 1370 g/mol. The molecule has 17 atom stereocenters. The van der Waals surface area contributed by atoms with Gasteiger partial charge in [0.1, 0.15) is 73.2 Å². The first-order chi connectivity index (χ1) is 46.8. The Morgan fingerprint density at radius 3 is 1.07 bits per heavy atom. The van der Waals surface area contributed by atoms with Crippen molar-refractivity contribution in [2.45, 2.75) is 407 Å². The molecule has 0 aromatic rings. The molecule has 3 aliphatic rings. The molecular weight excluding hydrogens is 1230 g/mol. The molecule has 19 heteroatoms. The van der Waals surface area contributed by atoms with Crippen molar-refractivity contribution >= 4 is 5.91 Å². The summed E-state index contributed by atoms with van der Waals surface area (Å²) < 4.78 is 34.4. The Bertz CT molecular complexity index is 1930. The molecular formula is C77H141NO18. The van der Waals surface area contributed by atoms with Crippen LogP contribution in [0.3, 0.4) is 0 Å². The molecule has 0 aromatic carbocycles. The van der Waals surface area contributed by atoms with Gasteiger partial charge in [0.15, 0.2) is 18.9 Å². The number of nitrogens with one attached hydrogen (secondary N) is 1. The first-order valence-electron chi connectivity index (χ1n) is 38.9. The predicted molar refractivity (Wildman–Crippen MR) is 379 cm³/mol. The van der Waals surface area contributed by atoms with Crippen molar-refractivity contribution in [3.05, 3.63) is 48.6 Å². The van der Waals surface area contributed by atoms with Gasteiger partial charge in [-0.15, -0.1) is 0 Å². The number of aliphatic hydroxyl groups is 11. The van der Waals surface area contributed by atoms with Crippen molar-refractivity contribution in [1.29, 1.82) is 0 Å². The van der Waals surface area contributed by atoms with Crippen LogP contribution < -0.4 is 5.32 Å². The molecule has 0 aromatic heterocycles. The molecule has 0 radical (unpaired) electrons. The van der Waals surface area contributed by atoms with Crippen LogP contribution in [-0.4, -0.2) is 193 Å². The van der Waals surface area contributed by atoms with Crippen molar-refractivity contribution in [3.8, 4) is 0 Å². The van der Waals surface area contributed by atoms with Gasteiger partial charge in [0.05, 0.1) is 38.6 Å². The fourth-order valence-corrected chi connectivity index (χ4v) is 13.1. The molecule has 3 aliphatic heterocycles. The molecule has 3 saturated heterocycles. The number of aliphatic hydroxyl groups excluding tert-OH is 11. The van der Waals surface area contributed by atoms with Crippen molar-refractivity contribution in [2.75, 3.05) is 26.4 Å². The minimum Gasteiger partial charge on any atom is -0.394 e. The number of carbonyl (C=O) groups is 1. The standard InChI is InChI=1S/C77H141NO18/c1-3-5-7-9-11-13-15-17-19-20-21-22-23-24-25-26-27-28-29-30-31-32-33-34-35-36-37-38-39-40-41-43-45-47-49-51-53-55-65(83)78-60(61(82)54-52-50-48-46-44-42-18-16-14-12-10-8-6-4-2)59-91-75-71(89)68(86)73(63(57-80)93-75)96-77-72(90)69(87)74(64(58-81)94-77)95-76-70(88)67(85)66(84)62(56-79)92-76/h15,17,20-21,23-24,52,54,60-64,66-77,79-82,84-90H,3-14,16,18-19,22,25-51,53,55-59H2,1-2H3,(H,78,83)/b17-15-,21-20-,24-23-,54-52+. The van der Waals surface area contributed by atoms with E-state index in [0.29, 0.717) is 6.42 Å². The number of rotatable bonds is 61. The Balaban J connectivity index is 1.31. The van der Waals surface area contributed by atoms with Crippen molar-refractivity contribution in [3.63, 3.8) is 0 Å². The van der Waals surface area contributed by atoms with Gasteiger partial charge in [-0.05, 0) is 57.8 Å². The topological polar surface area (TPSA) is 307 Å². The number of ether oxygens (including phenoxy) is 6. The van der Waals surface area contributed by atoms with Crippen LogP contribution in [0.25, 0.3) is 0 Å². The lowest BCUT2D eigenvalue weighted by molar-refractivity contribution is -0.379. The van der Waals surface area contributed by atoms with E-state index in [9.17, 15) is 61.0 Å². The summed E-state index contributed by atoms with van der Waals surface area (Å²) in [6.07, 6.45) is 45.5. The highest BCUT2D eigenvalue weighted by Gasteiger charge is 2.53. The van der Waals surface area contributed by atoms with E-state index in [4.69, 9.17) is 28.4 Å². The van der Waals surface area contributed by atoms with Gasteiger partial charge in [0.2, 0.25) is 5.91 Å². The zero-order chi connectivity index (χ0) is 69.6. The van der Waals surface area contributed by atoms with Gasteiger partial charge in [0, 0.05) is 6.42 Å². The van der Waals surface area contributed by atoms with E-state index < -0.39 is 124 Å². The van der Waals surface area contributed by atoms with E-state index in [1.165, 1.54) is 218 Å². The minimum absolute atomic E-state index is 0.246. The third-order valence-electron chi connectivity index (χ3n) is 19.4. The smallest absolute Gasteiger partial charge is 0.220 e. The molecule has 3 rings (SSSR count). The highest BCUT2D eigenvalue weighted by Crippen LogP contribution is 2.33. The van der Waals surface area contributed by atoms with Crippen LogP contribution in [0, 0.1) is 0 Å². The van der Waals surface area contributed by atoms with Gasteiger partial charge < -0.3 is 89.9 Å². The maximum Gasteiger partial charge on any atom is 0.220 e. The largest absolute Gasteiger partial charge is 0.394 e. The van der Waals surface area contributed by atoms with Gasteiger partial charge >= 0.3 is 0 Å². The average molecular weight is 1370 g/mol. The Kier molecular flexibility index (Phi) is 53.4. The van der Waals surface area contributed by atoms with Crippen molar-refractivity contribution in [1.82, 2.24) is 5.32 Å². The Morgan fingerprint density at radius 2 is 0.688 bits per heavy atom. The number of hydrogen-bond acceptors (Lipinski definition) is 18. The van der Waals surface area contributed by atoms with Crippen LogP contribution in [0.5, 0.6) is 0 Å². The molecule has 3 fully saturated rings. The second-order valence-electron chi connectivity index (χ2n) is 27.8. The second-order valence-corrected chi connectivity index (χ2v) is 27.8. The zero-order valence-electron chi connectivity index (χ0n) is 59.9. The normalized spacial score (nSPS) is 27.3. The van der Waals surface area contributed by atoms with E-state index in [1.807, 2.05) is 6.08 Å². The molecule has 12 N–H and O–H groups in total. The van der Waals surface area contributed by atoms with E-state index in [1.54, 1.807) is 6.08 Å². The highest BCUT2D eigenvalue weighted by atomic mass is 16.8. The molecule has 1 amide bonds. The van der Waals surface area contributed by atoms with Gasteiger partial charge in [0.25, 0.3) is 0 Å². The maximum absolute atomic E-state index is 13.4. The summed E-state index contributed by atoms with van der Waals surface area (Å²) in [5.74, 6) is -0.272. The fourth-order valence-electron chi connectivity index (χ4n) is 13.1. The van der Waals surface area contributed by atoms with Crippen molar-refractivity contribution < 1.29 is 89.4 Å². The van der Waals surface area contributed by atoms with Crippen LogP contribution in [0.2, 0.25) is 0 Å². The second kappa shape index (κ2) is 58.3. The molecule has 19 nitrogen and oxygen atoms in total. The van der Waals surface area contributed by atoms with Crippen molar-refractivity contribution in [2.24, 2.45) is 0 Å². The first kappa shape index (κ1) is 88.0. The number of allylic oxidation sites excluding steroid dienone is 7. The Morgan fingerprint density at radius 1 is 0.375 bits per heavy atom. The summed E-state index contributed by atoms with van der Waals surface area (Å²) in [5, 5.41) is 121. The van der Waals surface area contributed by atoms with Gasteiger partial charge in [-0.2, -0.15) is 0 Å². The van der Waals surface area contributed by atoms with Crippen LogP contribution in [0.4, 0.5) is 0 Å². The molecule has 0 spiro atoms. The molecule has 96 heavy (non-hydrogen) atoms. The van der Waals surface area contributed by atoms with Gasteiger partial charge in [-0.3, -0.25) is 4.79 Å². The summed E-state index contributed by atoms with van der Waals surface area (Å²) >= 11 is 0. The lowest BCUT2D eigenvalue weighted by atomic mass is 9.96. The SMILES string of the molecule is CCCCCCC/C=C\C/C=C\C/C=C\CCCCCCCCCCCCCCCCCCCCCCCCC(=O)NC(COC1OC(CO)C(OC2OC(CO)C(OC3OC(CO)C(O)C(O)C3O)C(O)C2O)C(O)C1O)C(O)/C=C/CCCCCCCCCCCCCC. The lowest BCUT2D eigenvalue weighted by Crippen LogP contribution is -2.66. The molecule has 3 heterocycles. The Labute approximate surface area is 580 Å². The number of unbranched alkanes of at least 4 members (excludes halogenated alkanes) is 39. The average Bonchev–Trinajstić information content (AvgIpc) is 0.787. The third-order valence-corrected chi connectivity index (χ3v) is 19.4. The van der Waals surface area contributed by atoms with Gasteiger partial charge in [-0.25, -0.2) is 0 Å². The molecule has 0 aliphatic carbocycles. The molecule has 562 valence electrons.